The van der Waals surface area contributed by atoms with Crippen LogP contribution in [0, 0.1) is 0 Å². The molecule has 7 heteroatoms. The van der Waals surface area contributed by atoms with Crippen molar-refractivity contribution in [2.24, 2.45) is 0 Å². The van der Waals surface area contributed by atoms with Crippen LogP contribution in [0.3, 0.4) is 0 Å². The van der Waals surface area contributed by atoms with Crippen molar-refractivity contribution in [1.82, 2.24) is 9.80 Å². The zero-order valence-corrected chi connectivity index (χ0v) is 11.8. The number of hydrogen-bond acceptors (Lipinski definition) is 2. The van der Waals surface area contributed by atoms with E-state index < -0.39 is 7.25 Å². The number of halogens is 4. The molecule has 1 rings (SSSR count). The predicted octanol–water partition coefficient (Wildman–Crippen LogP) is 3.93. The van der Waals surface area contributed by atoms with Gasteiger partial charge in [0.1, 0.15) is 0 Å². The van der Waals surface area contributed by atoms with E-state index in [0.717, 1.165) is 6.67 Å². The lowest BCUT2D eigenvalue weighted by molar-refractivity contribution is 0.110. The van der Waals surface area contributed by atoms with Gasteiger partial charge < -0.3 is 27.1 Å². The van der Waals surface area contributed by atoms with E-state index in [9.17, 15) is 17.3 Å². The highest BCUT2D eigenvalue weighted by molar-refractivity contribution is 6.50. The van der Waals surface area contributed by atoms with Crippen LogP contribution in [0.5, 0.6) is 0 Å². The maximum absolute atomic E-state index is 9.75. The molecule has 0 aromatic heterocycles. The van der Waals surface area contributed by atoms with Crippen LogP contribution in [0.1, 0.15) is 41.5 Å². The molecule has 2 nitrogen and oxygen atoms in total. The van der Waals surface area contributed by atoms with Gasteiger partial charge in [-0.2, -0.15) is 0 Å². The summed E-state index contributed by atoms with van der Waals surface area (Å²) in [6, 6.07) is 0. The second kappa shape index (κ2) is 5.40. The highest BCUT2D eigenvalue weighted by atomic mass is 19.5. The van der Waals surface area contributed by atoms with E-state index in [4.69, 9.17) is 0 Å². The minimum Gasteiger partial charge on any atom is -0.418 e. The average molecular weight is 269 g/mol. The smallest absolute Gasteiger partial charge is 0.418 e. The van der Waals surface area contributed by atoms with Crippen LogP contribution in [-0.2, 0) is 0 Å². The van der Waals surface area contributed by atoms with Gasteiger partial charge in [-0.15, -0.1) is 0 Å². The predicted molar refractivity (Wildman–Crippen MR) is 67.4 cm³/mol. The van der Waals surface area contributed by atoms with E-state index in [-0.39, 0.29) is 11.1 Å². The van der Waals surface area contributed by atoms with Crippen LogP contribution >= 0.6 is 0 Å². The minimum atomic E-state index is -6.00. The molecule has 0 fully saturated rings. The normalized spacial score (nSPS) is 16.8. The molecule has 0 bridgehead atoms. The molecule has 0 N–H and O–H groups in total. The molecule has 0 saturated carbocycles. The Kier molecular flexibility index (Phi) is 5.14. The van der Waals surface area contributed by atoms with Gasteiger partial charge >= 0.3 is 7.25 Å². The third-order valence-corrected chi connectivity index (χ3v) is 2.45. The molecule has 0 radical (unpaired) electrons. The summed E-state index contributed by atoms with van der Waals surface area (Å²) in [7, 11) is -6.00. The van der Waals surface area contributed by atoms with Gasteiger partial charge in [-0.05, 0) is 41.5 Å². The van der Waals surface area contributed by atoms with Crippen molar-refractivity contribution in [2.75, 3.05) is 6.67 Å². The number of nitrogens with zero attached hydrogens (tertiary/aromatic N) is 2. The van der Waals surface area contributed by atoms with Crippen LogP contribution in [0.25, 0.3) is 0 Å². The van der Waals surface area contributed by atoms with Crippen LogP contribution in [-0.4, -0.2) is 34.8 Å². The summed E-state index contributed by atoms with van der Waals surface area (Å²) in [4.78, 5) is 4.72. The van der Waals surface area contributed by atoms with Crippen LogP contribution in [0.4, 0.5) is 17.3 Å². The Bertz CT molecular complexity index is 261. The molecule has 0 aromatic carbocycles. The molecular formula is C11H22BF4N2-. The fourth-order valence-corrected chi connectivity index (χ4v) is 1.29. The maximum Gasteiger partial charge on any atom is 0.673 e. The molecule has 0 saturated heterocycles. The van der Waals surface area contributed by atoms with Crippen molar-refractivity contribution in [3.05, 3.63) is 12.4 Å². The molecule has 18 heavy (non-hydrogen) atoms. The van der Waals surface area contributed by atoms with Gasteiger partial charge in [0.05, 0.1) is 6.67 Å². The molecule has 0 atom stereocenters. The molecule has 0 amide bonds. The SMILES string of the molecule is CC(C)(C)N1C=CN(C(C)(C)C)C1.F[B-](F)(F)F. The lowest BCUT2D eigenvalue weighted by Gasteiger charge is -2.38. The van der Waals surface area contributed by atoms with Crippen molar-refractivity contribution in [1.29, 1.82) is 0 Å². The first-order chi connectivity index (χ1) is 7.71. The standard InChI is InChI=1S/C11H22N2.BF4/c1-10(2,3)12-7-8-13(9-12)11(4,5)6;2-1(3,4)5/h7-8H,9H2,1-6H3;/q;-1. The fraction of sp³-hybridized carbons (Fsp3) is 0.818. The van der Waals surface area contributed by atoms with Gasteiger partial charge in [-0.25, -0.2) is 0 Å². The lowest BCUT2D eigenvalue weighted by atomic mass is 10.1. The van der Waals surface area contributed by atoms with Gasteiger partial charge in [0.2, 0.25) is 0 Å². The van der Waals surface area contributed by atoms with E-state index in [2.05, 4.69) is 63.7 Å². The minimum absolute atomic E-state index is 0.233. The van der Waals surface area contributed by atoms with Crippen molar-refractivity contribution in [2.45, 2.75) is 52.6 Å². The molecule has 0 aliphatic carbocycles. The van der Waals surface area contributed by atoms with E-state index in [1.165, 1.54) is 0 Å². The average Bonchev–Trinajstić information content (AvgIpc) is 2.43. The van der Waals surface area contributed by atoms with Gasteiger partial charge in [0.15, 0.2) is 0 Å². The monoisotopic (exact) mass is 269 g/mol. The van der Waals surface area contributed by atoms with Crippen molar-refractivity contribution in [3.63, 3.8) is 0 Å². The summed E-state index contributed by atoms with van der Waals surface area (Å²) in [5.41, 5.74) is 0.465. The fourth-order valence-electron chi connectivity index (χ4n) is 1.29. The van der Waals surface area contributed by atoms with Gasteiger partial charge in [0, 0.05) is 23.5 Å². The summed E-state index contributed by atoms with van der Waals surface area (Å²) in [6.07, 6.45) is 4.37. The van der Waals surface area contributed by atoms with Gasteiger partial charge in [-0.3, -0.25) is 0 Å². The third-order valence-electron chi connectivity index (χ3n) is 2.45. The summed E-state index contributed by atoms with van der Waals surface area (Å²) in [6.45, 7) is 14.4. The molecule has 0 aromatic rings. The van der Waals surface area contributed by atoms with Crippen molar-refractivity contribution >= 4 is 7.25 Å². The van der Waals surface area contributed by atoms with Gasteiger partial charge in [0.25, 0.3) is 0 Å². The quantitative estimate of drug-likeness (QED) is 0.485. The van der Waals surface area contributed by atoms with E-state index in [1.54, 1.807) is 0 Å². The van der Waals surface area contributed by atoms with E-state index >= 15 is 0 Å². The molecule has 1 aliphatic rings. The largest absolute Gasteiger partial charge is 0.673 e. The second-order valence-electron chi connectivity index (χ2n) is 6.22. The first-order valence-corrected chi connectivity index (χ1v) is 5.80. The number of rotatable bonds is 0. The lowest BCUT2D eigenvalue weighted by Crippen LogP contribution is -2.44. The number of hydrogen-bond donors (Lipinski definition) is 0. The van der Waals surface area contributed by atoms with Crippen molar-refractivity contribution in [3.8, 4) is 0 Å². The molecule has 0 spiro atoms. The maximum atomic E-state index is 9.75. The van der Waals surface area contributed by atoms with Crippen LogP contribution in [0.15, 0.2) is 12.4 Å². The zero-order chi connectivity index (χ0) is 14.8. The Balaban J connectivity index is 0.000000494. The van der Waals surface area contributed by atoms with Crippen LogP contribution < -0.4 is 0 Å². The van der Waals surface area contributed by atoms with Gasteiger partial charge in [-0.1, -0.05) is 0 Å². The molecule has 108 valence electrons. The highest BCUT2D eigenvalue weighted by Gasteiger charge is 2.28. The highest BCUT2D eigenvalue weighted by Crippen LogP contribution is 2.24. The summed E-state index contributed by atoms with van der Waals surface area (Å²) in [5.74, 6) is 0. The van der Waals surface area contributed by atoms with E-state index in [0.29, 0.717) is 0 Å². The topological polar surface area (TPSA) is 6.48 Å². The Labute approximate surface area is 107 Å². The van der Waals surface area contributed by atoms with E-state index in [1.807, 2.05) is 0 Å². The van der Waals surface area contributed by atoms with Crippen molar-refractivity contribution < 1.29 is 17.3 Å². The third kappa shape index (κ3) is 7.45. The zero-order valence-electron chi connectivity index (χ0n) is 11.8. The Morgan fingerprint density at radius 1 is 0.778 bits per heavy atom. The summed E-state index contributed by atoms with van der Waals surface area (Å²) >= 11 is 0. The summed E-state index contributed by atoms with van der Waals surface area (Å²) in [5, 5.41) is 0. The molecular weight excluding hydrogens is 247 g/mol. The Hall–Kier alpha value is -0.875. The summed E-state index contributed by atoms with van der Waals surface area (Å²) < 4.78 is 39.0. The second-order valence-corrected chi connectivity index (χ2v) is 6.22. The molecule has 1 heterocycles. The van der Waals surface area contributed by atoms with Crippen LogP contribution in [0.2, 0.25) is 0 Å². The Morgan fingerprint density at radius 3 is 1.11 bits per heavy atom. The molecule has 1 aliphatic heterocycles. The first-order valence-electron chi connectivity index (χ1n) is 5.80. The molecule has 0 unspecified atom stereocenters. The Morgan fingerprint density at radius 2 is 1.00 bits per heavy atom. The first kappa shape index (κ1) is 17.1.